The summed E-state index contributed by atoms with van der Waals surface area (Å²) in [4.78, 5) is 34.8. The number of hydrogen-bond donors (Lipinski definition) is 0. The Hall–Kier alpha value is -1.96. The Bertz CT molecular complexity index is 894. The molecule has 1 saturated carbocycles. The number of likely N-dealkylation sites (N-methyl/N-ethyl adjacent to an activating group) is 1. The van der Waals surface area contributed by atoms with Crippen molar-refractivity contribution in [3.8, 4) is 0 Å². The van der Waals surface area contributed by atoms with Crippen LogP contribution in [0.5, 0.6) is 0 Å². The molecule has 2 amide bonds. The molecule has 5 rings (SSSR count). The molecule has 33 heavy (non-hydrogen) atoms. The first-order chi connectivity index (χ1) is 15.9. The summed E-state index contributed by atoms with van der Waals surface area (Å²) in [5.41, 5.74) is 2.94. The highest BCUT2D eigenvalue weighted by atomic mass is 16.5. The van der Waals surface area contributed by atoms with E-state index in [1.807, 2.05) is 16.7 Å². The van der Waals surface area contributed by atoms with Gasteiger partial charge in [-0.05, 0) is 57.4 Å². The van der Waals surface area contributed by atoms with Crippen molar-refractivity contribution >= 4 is 23.2 Å². The Kier molecular flexibility index (Phi) is 6.47. The summed E-state index contributed by atoms with van der Waals surface area (Å²) in [6, 6.07) is 7.30. The van der Waals surface area contributed by atoms with E-state index in [-0.39, 0.29) is 24.0 Å². The second kappa shape index (κ2) is 9.35. The van der Waals surface area contributed by atoms with Crippen LogP contribution in [0.2, 0.25) is 0 Å². The molecule has 4 aliphatic rings. The van der Waals surface area contributed by atoms with E-state index in [9.17, 15) is 9.59 Å². The van der Waals surface area contributed by atoms with Gasteiger partial charge in [0.2, 0.25) is 5.91 Å². The fourth-order valence-corrected chi connectivity index (χ4v) is 6.40. The molecule has 0 aromatic heterocycles. The Morgan fingerprint density at radius 1 is 1.00 bits per heavy atom. The van der Waals surface area contributed by atoms with Gasteiger partial charge in [0.05, 0.1) is 24.1 Å². The molecule has 3 aliphatic heterocycles. The maximum atomic E-state index is 13.5. The van der Waals surface area contributed by atoms with E-state index in [2.05, 4.69) is 35.0 Å². The van der Waals surface area contributed by atoms with Gasteiger partial charge in [-0.15, -0.1) is 0 Å². The highest BCUT2D eigenvalue weighted by Crippen LogP contribution is 2.41. The van der Waals surface area contributed by atoms with Gasteiger partial charge in [0.25, 0.3) is 5.91 Å². The summed E-state index contributed by atoms with van der Waals surface area (Å²) in [6.45, 7) is 6.76. The number of hydrogen-bond acceptors (Lipinski definition) is 5. The Morgan fingerprint density at radius 3 is 2.48 bits per heavy atom. The lowest BCUT2D eigenvalue weighted by molar-refractivity contribution is -0.127. The molecule has 3 heterocycles. The summed E-state index contributed by atoms with van der Waals surface area (Å²) in [5.74, 6) is 0.0544. The molecule has 3 fully saturated rings. The normalized spacial score (nSPS) is 29.5. The van der Waals surface area contributed by atoms with Crippen molar-refractivity contribution in [3.63, 3.8) is 0 Å². The van der Waals surface area contributed by atoms with Gasteiger partial charge in [-0.1, -0.05) is 25.3 Å². The van der Waals surface area contributed by atoms with Gasteiger partial charge in [-0.25, -0.2) is 0 Å². The van der Waals surface area contributed by atoms with Crippen molar-refractivity contribution in [3.05, 3.63) is 23.8 Å². The third-order valence-corrected chi connectivity index (χ3v) is 7.97. The van der Waals surface area contributed by atoms with E-state index in [4.69, 9.17) is 4.74 Å². The first-order valence-electron chi connectivity index (χ1n) is 12.7. The smallest absolute Gasteiger partial charge is 0.256 e. The van der Waals surface area contributed by atoms with Crippen molar-refractivity contribution < 1.29 is 14.3 Å². The minimum Gasteiger partial charge on any atom is -0.368 e. The maximum Gasteiger partial charge on any atom is 0.256 e. The second-order valence-electron chi connectivity index (χ2n) is 10.4. The van der Waals surface area contributed by atoms with Crippen LogP contribution >= 0.6 is 0 Å². The van der Waals surface area contributed by atoms with Crippen LogP contribution in [0.4, 0.5) is 11.4 Å². The van der Waals surface area contributed by atoms with Crippen LogP contribution in [0, 0.1) is 0 Å². The fraction of sp³-hybridized carbons (Fsp3) is 0.692. The summed E-state index contributed by atoms with van der Waals surface area (Å²) in [6.07, 6.45) is 7.86. The third kappa shape index (κ3) is 4.31. The average Bonchev–Trinajstić information content (AvgIpc) is 3.48. The van der Waals surface area contributed by atoms with Crippen LogP contribution in [0.15, 0.2) is 18.2 Å². The standard InChI is InChI=1S/C26H38N4O3/c1-18-15-28(26(32)25-10-7-13-33-25)23-14-20(11-12-22(23)30(18)19(2)31)24-16-27(3)17-29(24)21-8-5-4-6-9-21/h11-12,14,18,21,24-25H,4-10,13,15-17H2,1-3H3/t18-,24?,25?/m0/s1. The fourth-order valence-electron chi connectivity index (χ4n) is 6.40. The summed E-state index contributed by atoms with van der Waals surface area (Å²) in [5, 5.41) is 0. The van der Waals surface area contributed by atoms with E-state index in [1.54, 1.807) is 6.92 Å². The van der Waals surface area contributed by atoms with E-state index in [0.717, 1.165) is 37.4 Å². The number of carbonyl (C=O) groups is 2. The molecular formula is C26H38N4O3. The largest absolute Gasteiger partial charge is 0.368 e. The molecule has 180 valence electrons. The molecule has 0 bridgehead atoms. The number of benzene rings is 1. The first kappa shape index (κ1) is 22.8. The van der Waals surface area contributed by atoms with Gasteiger partial charge < -0.3 is 14.5 Å². The number of anilines is 2. The van der Waals surface area contributed by atoms with Crippen molar-refractivity contribution in [2.75, 3.05) is 43.2 Å². The van der Waals surface area contributed by atoms with Crippen molar-refractivity contribution in [1.82, 2.24) is 9.80 Å². The zero-order valence-electron chi connectivity index (χ0n) is 20.3. The minimum absolute atomic E-state index is 0.0187. The molecule has 0 N–H and O–H groups in total. The van der Waals surface area contributed by atoms with E-state index < -0.39 is 0 Å². The lowest BCUT2D eigenvalue weighted by Gasteiger charge is -2.42. The third-order valence-electron chi connectivity index (χ3n) is 7.97. The van der Waals surface area contributed by atoms with Crippen molar-refractivity contribution in [2.24, 2.45) is 0 Å². The minimum atomic E-state index is -0.367. The van der Waals surface area contributed by atoms with Gasteiger partial charge in [0, 0.05) is 38.7 Å². The predicted octanol–water partition coefficient (Wildman–Crippen LogP) is 3.53. The zero-order chi connectivity index (χ0) is 23.1. The van der Waals surface area contributed by atoms with Gasteiger partial charge in [0.15, 0.2) is 0 Å². The highest BCUT2D eigenvalue weighted by Gasteiger charge is 2.40. The molecule has 1 aromatic rings. The molecular weight excluding hydrogens is 416 g/mol. The molecule has 1 aliphatic carbocycles. The van der Waals surface area contributed by atoms with Crippen LogP contribution in [0.3, 0.4) is 0 Å². The molecule has 3 atom stereocenters. The van der Waals surface area contributed by atoms with E-state index >= 15 is 0 Å². The number of ether oxygens (including phenoxy) is 1. The van der Waals surface area contributed by atoms with Gasteiger partial charge in [-0.2, -0.15) is 0 Å². The molecule has 7 heteroatoms. The van der Waals surface area contributed by atoms with Crippen molar-refractivity contribution in [2.45, 2.75) is 83.0 Å². The van der Waals surface area contributed by atoms with Gasteiger partial charge in [-0.3, -0.25) is 19.4 Å². The summed E-state index contributed by atoms with van der Waals surface area (Å²) in [7, 11) is 2.20. The first-order valence-corrected chi connectivity index (χ1v) is 12.7. The van der Waals surface area contributed by atoms with Gasteiger partial charge >= 0.3 is 0 Å². The number of fused-ring (bicyclic) bond motifs is 1. The lowest BCUT2D eigenvalue weighted by atomic mass is 9.92. The predicted molar refractivity (Wildman–Crippen MR) is 129 cm³/mol. The average molecular weight is 455 g/mol. The van der Waals surface area contributed by atoms with E-state index in [1.165, 1.54) is 37.7 Å². The lowest BCUT2D eigenvalue weighted by Crippen LogP contribution is -2.53. The highest BCUT2D eigenvalue weighted by molar-refractivity contribution is 6.05. The van der Waals surface area contributed by atoms with Crippen LogP contribution in [0.25, 0.3) is 0 Å². The zero-order valence-corrected chi connectivity index (χ0v) is 20.3. The van der Waals surface area contributed by atoms with Gasteiger partial charge in [0.1, 0.15) is 6.10 Å². The van der Waals surface area contributed by atoms with Crippen LogP contribution in [-0.4, -0.2) is 73.2 Å². The summed E-state index contributed by atoms with van der Waals surface area (Å²) < 4.78 is 5.75. The molecule has 7 nitrogen and oxygen atoms in total. The topological polar surface area (TPSA) is 56.3 Å². The number of amides is 2. The molecule has 2 saturated heterocycles. The Morgan fingerprint density at radius 2 is 1.79 bits per heavy atom. The monoisotopic (exact) mass is 454 g/mol. The molecule has 0 radical (unpaired) electrons. The quantitative estimate of drug-likeness (QED) is 0.699. The summed E-state index contributed by atoms with van der Waals surface area (Å²) >= 11 is 0. The molecule has 2 unspecified atom stereocenters. The Balaban J connectivity index is 1.51. The number of nitrogens with zero attached hydrogens (tertiary/aromatic N) is 4. The second-order valence-corrected chi connectivity index (χ2v) is 10.4. The SMILES string of the molecule is CC(=O)N1c2ccc(C3CN(C)CN3C3CCCCC3)cc2N(C(=O)C2CCCO2)C[C@@H]1C. The van der Waals surface area contributed by atoms with E-state index in [0.29, 0.717) is 25.2 Å². The Labute approximate surface area is 197 Å². The van der Waals surface area contributed by atoms with Crippen LogP contribution in [0.1, 0.15) is 70.4 Å². The van der Waals surface area contributed by atoms with Crippen LogP contribution < -0.4 is 9.80 Å². The van der Waals surface area contributed by atoms with Crippen molar-refractivity contribution in [1.29, 1.82) is 0 Å². The number of carbonyl (C=O) groups excluding carboxylic acids is 2. The molecule has 0 spiro atoms. The van der Waals surface area contributed by atoms with Crippen LogP contribution in [-0.2, 0) is 14.3 Å². The maximum absolute atomic E-state index is 13.5. The molecule has 1 aromatic carbocycles. The number of rotatable bonds is 3.